The number of halogens is 2. The van der Waals surface area contributed by atoms with Crippen LogP contribution in [0.4, 0.5) is 16.5 Å². The third-order valence-electron chi connectivity index (χ3n) is 3.49. The van der Waals surface area contributed by atoms with Gasteiger partial charge in [0.2, 0.25) is 0 Å². The predicted molar refractivity (Wildman–Crippen MR) is 109 cm³/mol. The van der Waals surface area contributed by atoms with Crippen molar-refractivity contribution in [1.82, 2.24) is 4.98 Å². The molecule has 2 N–H and O–H groups in total. The zero-order valence-corrected chi connectivity index (χ0v) is 16.7. The van der Waals surface area contributed by atoms with Gasteiger partial charge in [0.25, 0.3) is 5.91 Å². The van der Waals surface area contributed by atoms with Crippen LogP contribution in [-0.2, 0) is 0 Å². The molecule has 0 aliphatic carbocycles. The molecule has 2 aromatic carbocycles. The second-order valence-electron chi connectivity index (χ2n) is 5.34. The Morgan fingerprint density at radius 3 is 2.37 bits per heavy atom. The zero-order valence-electron chi connectivity index (χ0n) is 14.4. The molecule has 3 rings (SSSR count). The summed E-state index contributed by atoms with van der Waals surface area (Å²) >= 11 is 13.2. The van der Waals surface area contributed by atoms with Gasteiger partial charge in [0, 0.05) is 32.9 Å². The Morgan fingerprint density at radius 1 is 1.00 bits per heavy atom. The van der Waals surface area contributed by atoms with Crippen LogP contribution in [-0.4, -0.2) is 25.1 Å². The number of hydrogen-bond donors (Lipinski definition) is 2. The number of thiazole rings is 1. The average Bonchev–Trinajstić information content (AvgIpc) is 3.09. The summed E-state index contributed by atoms with van der Waals surface area (Å²) in [6.07, 6.45) is 0. The fraction of sp³-hybridized carbons (Fsp3) is 0.111. The topological polar surface area (TPSA) is 72.5 Å². The largest absolute Gasteiger partial charge is 0.493 e. The maximum atomic E-state index is 12.4. The minimum atomic E-state index is -0.357. The van der Waals surface area contributed by atoms with Crippen molar-refractivity contribution in [2.75, 3.05) is 24.9 Å². The molecule has 0 radical (unpaired) electrons. The molecule has 1 amide bonds. The van der Waals surface area contributed by atoms with E-state index in [9.17, 15) is 4.79 Å². The quantitative estimate of drug-likeness (QED) is 0.550. The monoisotopic (exact) mass is 423 g/mol. The molecular formula is C18H15Cl2N3O3S. The smallest absolute Gasteiger partial charge is 0.275 e. The number of ether oxygens (including phenoxy) is 2. The summed E-state index contributed by atoms with van der Waals surface area (Å²) in [5, 5.41) is 8.96. The molecule has 9 heteroatoms. The second-order valence-corrected chi connectivity index (χ2v) is 7.08. The van der Waals surface area contributed by atoms with E-state index in [4.69, 9.17) is 32.7 Å². The van der Waals surface area contributed by atoms with Crippen molar-refractivity contribution in [3.63, 3.8) is 0 Å². The summed E-state index contributed by atoms with van der Waals surface area (Å²) in [5.41, 5.74) is 1.54. The number of carbonyl (C=O) groups excluding carboxylic acids is 1. The zero-order chi connectivity index (χ0) is 19.4. The number of anilines is 3. The fourth-order valence-corrected chi connectivity index (χ4v) is 3.53. The molecule has 0 unspecified atom stereocenters. The molecule has 0 fully saturated rings. The first-order valence-electron chi connectivity index (χ1n) is 7.70. The van der Waals surface area contributed by atoms with Gasteiger partial charge >= 0.3 is 0 Å². The van der Waals surface area contributed by atoms with Gasteiger partial charge in [-0.25, -0.2) is 4.98 Å². The van der Waals surface area contributed by atoms with Crippen LogP contribution in [0.5, 0.6) is 11.5 Å². The predicted octanol–water partition coefficient (Wildman–Crippen LogP) is 5.46. The van der Waals surface area contributed by atoms with Crippen LogP contribution in [0.15, 0.2) is 41.8 Å². The van der Waals surface area contributed by atoms with Crippen molar-refractivity contribution in [3.05, 3.63) is 57.5 Å². The first-order valence-corrected chi connectivity index (χ1v) is 9.34. The van der Waals surface area contributed by atoms with E-state index in [-0.39, 0.29) is 11.6 Å². The van der Waals surface area contributed by atoms with E-state index in [0.29, 0.717) is 32.4 Å². The average molecular weight is 424 g/mol. The van der Waals surface area contributed by atoms with E-state index < -0.39 is 0 Å². The van der Waals surface area contributed by atoms with Crippen LogP contribution in [0.25, 0.3) is 0 Å². The highest BCUT2D eigenvalue weighted by molar-refractivity contribution is 7.14. The maximum absolute atomic E-state index is 12.4. The van der Waals surface area contributed by atoms with Crippen LogP contribution in [0.2, 0.25) is 10.0 Å². The molecule has 1 heterocycles. The lowest BCUT2D eigenvalue weighted by Crippen LogP contribution is -2.12. The third-order valence-corrected chi connectivity index (χ3v) is 4.69. The highest BCUT2D eigenvalue weighted by atomic mass is 35.5. The Bertz CT molecular complexity index is 958. The number of hydrogen-bond acceptors (Lipinski definition) is 6. The number of rotatable bonds is 6. The van der Waals surface area contributed by atoms with Crippen LogP contribution in [0.3, 0.4) is 0 Å². The van der Waals surface area contributed by atoms with Crippen molar-refractivity contribution in [3.8, 4) is 11.5 Å². The molecular weight excluding hydrogens is 409 g/mol. The van der Waals surface area contributed by atoms with E-state index in [1.54, 1.807) is 49.9 Å². The lowest BCUT2D eigenvalue weighted by atomic mass is 10.3. The number of benzene rings is 2. The molecule has 0 aliphatic rings. The third kappa shape index (κ3) is 4.82. The standard InChI is InChI=1S/C18H15Cl2N3O3S/c1-25-15-4-3-12(8-16(15)26-2)22-18-23-14(9-27-18)17(24)21-13-6-10(19)5-11(20)7-13/h3-9H,1-2H3,(H,21,24)(H,22,23). The fourth-order valence-electron chi connectivity index (χ4n) is 2.29. The molecule has 140 valence electrons. The number of nitrogens with one attached hydrogen (secondary N) is 2. The van der Waals surface area contributed by atoms with Crippen LogP contribution in [0, 0.1) is 0 Å². The summed E-state index contributed by atoms with van der Waals surface area (Å²) in [5.74, 6) is 0.863. The van der Waals surface area contributed by atoms with E-state index in [0.717, 1.165) is 5.69 Å². The summed E-state index contributed by atoms with van der Waals surface area (Å²) in [6.45, 7) is 0. The maximum Gasteiger partial charge on any atom is 0.275 e. The molecule has 0 bridgehead atoms. The Morgan fingerprint density at radius 2 is 1.70 bits per heavy atom. The lowest BCUT2D eigenvalue weighted by molar-refractivity contribution is 0.102. The Kier molecular flexibility index (Phi) is 6.05. The molecule has 0 atom stereocenters. The summed E-state index contributed by atoms with van der Waals surface area (Å²) in [6, 6.07) is 10.2. The molecule has 0 spiro atoms. The summed E-state index contributed by atoms with van der Waals surface area (Å²) < 4.78 is 10.5. The first kappa shape index (κ1) is 19.3. The number of methoxy groups -OCH3 is 2. The Hall–Kier alpha value is -2.48. The highest BCUT2D eigenvalue weighted by Gasteiger charge is 2.13. The van der Waals surface area contributed by atoms with Gasteiger partial charge in [-0.1, -0.05) is 23.2 Å². The molecule has 3 aromatic rings. The van der Waals surface area contributed by atoms with Gasteiger partial charge in [0.15, 0.2) is 16.6 Å². The van der Waals surface area contributed by atoms with E-state index in [1.165, 1.54) is 11.3 Å². The van der Waals surface area contributed by atoms with Crippen molar-refractivity contribution in [2.45, 2.75) is 0 Å². The van der Waals surface area contributed by atoms with Crippen molar-refractivity contribution >= 4 is 57.0 Å². The van der Waals surface area contributed by atoms with Gasteiger partial charge in [-0.2, -0.15) is 0 Å². The van der Waals surface area contributed by atoms with Gasteiger partial charge in [0.05, 0.1) is 14.2 Å². The lowest BCUT2D eigenvalue weighted by Gasteiger charge is -2.09. The van der Waals surface area contributed by atoms with Gasteiger partial charge in [-0.3, -0.25) is 4.79 Å². The molecule has 0 aliphatic heterocycles. The van der Waals surface area contributed by atoms with Crippen molar-refractivity contribution < 1.29 is 14.3 Å². The van der Waals surface area contributed by atoms with Crippen LogP contribution < -0.4 is 20.1 Å². The number of nitrogens with zero attached hydrogens (tertiary/aromatic N) is 1. The molecule has 0 saturated carbocycles. The minimum absolute atomic E-state index is 0.277. The molecule has 27 heavy (non-hydrogen) atoms. The molecule has 6 nitrogen and oxygen atoms in total. The normalized spacial score (nSPS) is 10.4. The van der Waals surface area contributed by atoms with Gasteiger partial charge in [-0.15, -0.1) is 11.3 Å². The van der Waals surface area contributed by atoms with Crippen molar-refractivity contribution in [1.29, 1.82) is 0 Å². The molecule has 0 saturated heterocycles. The first-order chi connectivity index (χ1) is 13.0. The Balaban J connectivity index is 1.71. The van der Waals surface area contributed by atoms with Crippen LogP contribution in [0.1, 0.15) is 10.5 Å². The van der Waals surface area contributed by atoms with Crippen molar-refractivity contribution in [2.24, 2.45) is 0 Å². The van der Waals surface area contributed by atoms with Gasteiger partial charge in [-0.05, 0) is 30.3 Å². The van der Waals surface area contributed by atoms with E-state index in [1.807, 2.05) is 6.07 Å². The SMILES string of the molecule is COc1ccc(Nc2nc(C(=O)Nc3cc(Cl)cc(Cl)c3)cs2)cc1OC. The summed E-state index contributed by atoms with van der Waals surface area (Å²) in [4.78, 5) is 16.7. The highest BCUT2D eigenvalue weighted by Crippen LogP contribution is 2.32. The minimum Gasteiger partial charge on any atom is -0.493 e. The Labute approximate surface area is 170 Å². The summed E-state index contributed by atoms with van der Waals surface area (Å²) in [7, 11) is 3.14. The number of aromatic nitrogens is 1. The van der Waals surface area contributed by atoms with Gasteiger partial charge in [0.1, 0.15) is 5.69 Å². The number of amides is 1. The second kappa shape index (κ2) is 8.47. The van der Waals surface area contributed by atoms with Gasteiger partial charge < -0.3 is 20.1 Å². The van der Waals surface area contributed by atoms with E-state index in [2.05, 4.69) is 15.6 Å². The number of carbonyl (C=O) groups is 1. The molecule has 1 aromatic heterocycles. The van der Waals surface area contributed by atoms with E-state index >= 15 is 0 Å². The van der Waals surface area contributed by atoms with Crippen LogP contribution >= 0.6 is 34.5 Å².